The minimum Gasteiger partial charge on any atom is -0.344 e. The van der Waals surface area contributed by atoms with E-state index in [4.69, 9.17) is 0 Å². The van der Waals surface area contributed by atoms with Crippen molar-refractivity contribution in [2.75, 3.05) is 0 Å². The second kappa shape index (κ2) is 6.46. The number of aryl methyl sites for hydroxylation is 1. The highest BCUT2D eigenvalue weighted by atomic mass is 79.9. The van der Waals surface area contributed by atoms with Crippen LogP contribution in [0, 0.1) is 6.92 Å². The molecular formula is C18H16BrN3O. The van der Waals surface area contributed by atoms with Gasteiger partial charge in [-0.15, -0.1) is 0 Å². The minimum atomic E-state index is -0.199. The van der Waals surface area contributed by atoms with Crippen LogP contribution >= 0.6 is 15.9 Å². The predicted octanol–water partition coefficient (Wildman–Crippen LogP) is 4.19. The summed E-state index contributed by atoms with van der Waals surface area (Å²) in [5, 5.41) is 3.75. The van der Waals surface area contributed by atoms with Gasteiger partial charge in [-0.25, -0.2) is 9.97 Å². The zero-order valence-corrected chi connectivity index (χ0v) is 14.5. The molecule has 23 heavy (non-hydrogen) atoms. The van der Waals surface area contributed by atoms with E-state index in [0.717, 1.165) is 20.9 Å². The van der Waals surface area contributed by atoms with E-state index in [0.29, 0.717) is 11.5 Å². The average Bonchev–Trinajstić information content (AvgIpc) is 2.55. The zero-order valence-electron chi connectivity index (χ0n) is 12.9. The average molecular weight is 370 g/mol. The number of nitrogens with one attached hydrogen (secondary N) is 1. The molecule has 0 aliphatic heterocycles. The normalized spacial score (nSPS) is 12.1. The van der Waals surface area contributed by atoms with E-state index in [1.165, 1.54) is 0 Å². The summed E-state index contributed by atoms with van der Waals surface area (Å²) in [5.74, 6) is 0.382. The molecule has 1 heterocycles. The molecule has 4 nitrogen and oxygen atoms in total. The first-order valence-electron chi connectivity index (χ1n) is 7.34. The van der Waals surface area contributed by atoms with Gasteiger partial charge in [0.2, 0.25) is 0 Å². The maximum Gasteiger partial charge on any atom is 0.271 e. The van der Waals surface area contributed by atoms with E-state index in [-0.39, 0.29) is 11.9 Å². The Labute approximate surface area is 143 Å². The number of nitrogens with zero attached hydrogens (tertiary/aromatic N) is 2. The van der Waals surface area contributed by atoms with Gasteiger partial charge in [0, 0.05) is 9.86 Å². The number of fused-ring (bicyclic) bond motifs is 1. The molecule has 0 aliphatic rings. The molecule has 0 aliphatic carbocycles. The Morgan fingerprint density at radius 1 is 1.13 bits per heavy atom. The number of amides is 1. The Bertz CT molecular complexity index is 865. The maximum atomic E-state index is 12.7. The number of hydrogen-bond donors (Lipinski definition) is 1. The van der Waals surface area contributed by atoms with Crippen LogP contribution in [-0.4, -0.2) is 15.9 Å². The van der Waals surface area contributed by atoms with E-state index < -0.39 is 0 Å². The first-order valence-corrected chi connectivity index (χ1v) is 8.13. The molecule has 0 spiro atoms. The number of carbonyl (C=O) groups is 1. The smallest absolute Gasteiger partial charge is 0.271 e. The molecule has 1 unspecified atom stereocenters. The molecule has 1 aromatic heterocycles. The molecule has 116 valence electrons. The monoisotopic (exact) mass is 369 g/mol. The van der Waals surface area contributed by atoms with Crippen molar-refractivity contribution in [1.82, 2.24) is 15.3 Å². The molecule has 0 bridgehead atoms. The van der Waals surface area contributed by atoms with Crippen molar-refractivity contribution < 1.29 is 4.79 Å². The summed E-state index contributed by atoms with van der Waals surface area (Å²) in [6.45, 7) is 3.75. The van der Waals surface area contributed by atoms with Gasteiger partial charge in [0.1, 0.15) is 11.5 Å². The van der Waals surface area contributed by atoms with Crippen molar-refractivity contribution in [3.63, 3.8) is 0 Å². The van der Waals surface area contributed by atoms with Gasteiger partial charge in [-0.05, 0) is 37.6 Å². The zero-order chi connectivity index (χ0) is 16.4. The van der Waals surface area contributed by atoms with Crippen LogP contribution in [0.15, 0.2) is 53.0 Å². The molecule has 1 amide bonds. The molecule has 3 rings (SSSR count). The Morgan fingerprint density at radius 3 is 2.61 bits per heavy atom. The van der Waals surface area contributed by atoms with E-state index in [1.807, 2.05) is 55.5 Å². The standard InChI is InChI=1S/C18H16BrN3O/c1-11(13-6-4-3-5-7-13)20-18(23)17-15-10-14(19)8-9-16(15)21-12(2)22-17/h3-11H,1-2H3,(H,20,23). The lowest BCUT2D eigenvalue weighted by atomic mass is 10.1. The molecule has 0 fully saturated rings. The maximum absolute atomic E-state index is 12.7. The highest BCUT2D eigenvalue weighted by molar-refractivity contribution is 9.10. The second-order valence-corrected chi connectivity index (χ2v) is 6.30. The second-order valence-electron chi connectivity index (χ2n) is 5.39. The van der Waals surface area contributed by atoms with Crippen LogP contribution in [0.1, 0.15) is 34.8 Å². The number of aromatic nitrogens is 2. The summed E-state index contributed by atoms with van der Waals surface area (Å²) < 4.78 is 0.891. The van der Waals surface area contributed by atoms with Crippen LogP contribution in [-0.2, 0) is 0 Å². The molecule has 1 atom stereocenters. The SMILES string of the molecule is Cc1nc(C(=O)NC(C)c2ccccc2)c2cc(Br)ccc2n1. The lowest BCUT2D eigenvalue weighted by Crippen LogP contribution is -2.28. The van der Waals surface area contributed by atoms with E-state index >= 15 is 0 Å². The summed E-state index contributed by atoms with van der Waals surface area (Å²) in [6.07, 6.45) is 0. The van der Waals surface area contributed by atoms with Crippen molar-refractivity contribution in [3.05, 3.63) is 70.1 Å². The number of rotatable bonds is 3. The van der Waals surface area contributed by atoms with Crippen molar-refractivity contribution in [2.45, 2.75) is 19.9 Å². The molecule has 0 saturated carbocycles. The van der Waals surface area contributed by atoms with Crippen LogP contribution in [0.5, 0.6) is 0 Å². The van der Waals surface area contributed by atoms with Crippen molar-refractivity contribution in [1.29, 1.82) is 0 Å². The first-order chi connectivity index (χ1) is 11.0. The van der Waals surface area contributed by atoms with Crippen LogP contribution in [0.2, 0.25) is 0 Å². The summed E-state index contributed by atoms with van der Waals surface area (Å²) in [7, 11) is 0. The Morgan fingerprint density at radius 2 is 1.87 bits per heavy atom. The molecular weight excluding hydrogens is 354 g/mol. The molecule has 0 radical (unpaired) electrons. The molecule has 0 saturated heterocycles. The fraction of sp³-hybridized carbons (Fsp3) is 0.167. The highest BCUT2D eigenvalue weighted by Crippen LogP contribution is 2.22. The molecule has 3 aromatic rings. The van der Waals surface area contributed by atoms with Crippen LogP contribution in [0.25, 0.3) is 10.9 Å². The third-order valence-electron chi connectivity index (χ3n) is 3.63. The Hall–Kier alpha value is -2.27. The lowest BCUT2D eigenvalue weighted by Gasteiger charge is -2.15. The summed E-state index contributed by atoms with van der Waals surface area (Å²) >= 11 is 3.43. The van der Waals surface area contributed by atoms with Gasteiger partial charge in [0.05, 0.1) is 11.6 Å². The van der Waals surface area contributed by atoms with E-state index in [2.05, 4.69) is 31.2 Å². The van der Waals surface area contributed by atoms with Crippen molar-refractivity contribution in [2.24, 2.45) is 0 Å². The highest BCUT2D eigenvalue weighted by Gasteiger charge is 2.17. The summed E-state index contributed by atoms with van der Waals surface area (Å²) in [4.78, 5) is 21.4. The minimum absolute atomic E-state index is 0.0961. The molecule has 5 heteroatoms. The molecule has 1 N–H and O–H groups in total. The summed E-state index contributed by atoms with van der Waals surface area (Å²) in [5.41, 5.74) is 2.21. The third kappa shape index (κ3) is 3.40. The fourth-order valence-electron chi connectivity index (χ4n) is 2.48. The predicted molar refractivity (Wildman–Crippen MR) is 94.3 cm³/mol. The summed E-state index contributed by atoms with van der Waals surface area (Å²) in [6, 6.07) is 15.4. The lowest BCUT2D eigenvalue weighted by molar-refractivity contribution is 0.0936. The topological polar surface area (TPSA) is 54.9 Å². The van der Waals surface area contributed by atoms with Gasteiger partial charge >= 0.3 is 0 Å². The largest absolute Gasteiger partial charge is 0.344 e. The number of hydrogen-bond acceptors (Lipinski definition) is 3. The fourth-order valence-corrected chi connectivity index (χ4v) is 2.84. The van der Waals surface area contributed by atoms with Crippen LogP contribution in [0.3, 0.4) is 0 Å². The number of halogens is 1. The van der Waals surface area contributed by atoms with Crippen molar-refractivity contribution in [3.8, 4) is 0 Å². The Kier molecular flexibility index (Phi) is 4.39. The first kappa shape index (κ1) is 15.6. The van der Waals surface area contributed by atoms with E-state index in [1.54, 1.807) is 6.92 Å². The van der Waals surface area contributed by atoms with Gasteiger partial charge < -0.3 is 5.32 Å². The Balaban J connectivity index is 1.96. The van der Waals surface area contributed by atoms with Gasteiger partial charge in [0.15, 0.2) is 0 Å². The van der Waals surface area contributed by atoms with Crippen molar-refractivity contribution >= 4 is 32.7 Å². The number of carbonyl (C=O) groups excluding carboxylic acids is 1. The van der Waals surface area contributed by atoms with Gasteiger partial charge in [-0.1, -0.05) is 46.3 Å². The quantitative estimate of drug-likeness (QED) is 0.752. The van der Waals surface area contributed by atoms with Gasteiger partial charge in [-0.3, -0.25) is 4.79 Å². The van der Waals surface area contributed by atoms with Gasteiger partial charge in [-0.2, -0.15) is 0 Å². The van der Waals surface area contributed by atoms with Crippen LogP contribution in [0.4, 0.5) is 0 Å². The number of benzene rings is 2. The molecule has 2 aromatic carbocycles. The third-order valence-corrected chi connectivity index (χ3v) is 4.13. The van der Waals surface area contributed by atoms with Gasteiger partial charge in [0.25, 0.3) is 5.91 Å². The van der Waals surface area contributed by atoms with E-state index in [9.17, 15) is 4.79 Å². The van der Waals surface area contributed by atoms with Crippen LogP contribution < -0.4 is 5.32 Å².